The lowest BCUT2D eigenvalue weighted by atomic mass is 10.1. The monoisotopic (exact) mass is 365 g/mol. The number of nitrogens with zero attached hydrogens (tertiary/aromatic N) is 2. The molecule has 1 saturated heterocycles. The van der Waals surface area contributed by atoms with Crippen LogP contribution in [0.3, 0.4) is 0 Å². The van der Waals surface area contributed by atoms with Crippen LogP contribution in [-0.4, -0.2) is 69.6 Å². The second-order valence-corrected chi connectivity index (χ2v) is 6.34. The van der Waals surface area contributed by atoms with Crippen LogP contribution in [0.15, 0.2) is 23.2 Å². The molecule has 7 nitrogen and oxygen atoms in total. The molecule has 1 heterocycles. The van der Waals surface area contributed by atoms with E-state index in [1.165, 1.54) is 0 Å². The zero-order valence-corrected chi connectivity index (χ0v) is 16.0. The molecule has 1 atom stereocenters. The highest BCUT2D eigenvalue weighted by Crippen LogP contribution is 2.28. The molecular formula is C19H31N3O4. The molecule has 0 radical (unpaired) electrons. The van der Waals surface area contributed by atoms with Gasteiger partial charge >= 0.3 is 0 Å². The average Bonchev–Trinajstić information content (AvgIpc) is 3.16. The van der Waals surface area contributed by atoms with Crippen LogP contribution in [-0.2, 0) is 11.3 Å². The Bertz CT molecular complexity index is 574. The number of ether oxygens (including phenoxy) is 3. The van der Waals surface area contributed by atoms with E-state index in [2.05, 4.69) is 24.2 Å². The van der Waals surface area contributed by atoms with Crippen molar-refractivity contribution in [3.63, 3.8) is 0 Å². The average molecular weight is 365 g/mol. The second kappa shape index (κ2) is 10.9. The van der Waals surface area contributed by atoms with Crippen molar-refractivity contribution in [2.45, 2.75) is 19.9 Å². The molecule has 0 aliphatic carbocycles. The number of hydrogen-bond acceptors (Lipinski definition) is 5. The van der Waals surface area contributed by atoms with E-state index in [0.717, 1.165) is 44.2 Å². The summed E-state index contributed by atoms with van der Waals surface area (Å²) in [6, 6.07) is 5.74. The Morgan fingerprint density at radius 2 is 2.27 bits per heavy atom. The van der Waals surface area contributed by atoms with E-state index < -0.39 is 0 Å². The quantitative estimate of drug-likeness (QED) is 0.510. The minimum absolute atomic E-state index is 0.0282. The van der Waals surface area contributed by atoms with Gasteiger partial charge in [-0.3, -0.25) is 0 Å². The number of rotatable bonds is 9. The van der Waals surface area contributed by atoms with Crippen molar-refractivity contribution in [1.82, 2.24) is 10.2 Å². The molecule has 0 saturated carbocycles. The number of guanidine groups is 1. The Morgan fingerprint density at radius 1 is 1.42 bits per heavy atom. The molecule has 7 heteroatoms. The van der Waals surface area contributed by atoms with E-state index in [9.17, 15) is 0 Å². The molecule has 0 amide bonds. The summed E-state index contributed by atoms with van der Waals surface area (Å²) < 4.78 is 16.3. The Hall–Kier alpha value is -1.99. The van der Waals surface area contributed by atoms with Gasteiger partial charge in [0.15, 0.2) is 17.5 Å². The van der Waals surface area contributed by atoms with Crippen LogP contribution < -0.4 is 14.8 Å². The molecule has 1 aliphatic rings. The summed E-state index contributed by atoms with van der Waals surface area (Å²) in [7, 11) is 3.67. The molecule has 26 heavy (non-hydrogen) atoms. The Kier molecular flexibility index (Phi) is 8.50. The highest BCUT2D eigenvalue weighted by Gasteiger charge is 2.19. The molecule has 0 aromatic heterocycles. The number of hydrogen-bond donors (Lipinski definition) is 2. The lowest BCUT2D eigenvalue weighted by Crippen LogP contribution is -2.41. The van der Waals surface area contributed by atoms with Gasteiger partial charge in [0.1, 0.15) is 6.61 Å². The third kappa shape index (κ3) is 6.07. The van der Waals surface area contributed by atoms with Gasteiger partial charge in [-0.15, -0.1) is 0 Å². The number of benzene rings is 1. The lowest BCUT2D eigenvalue weighted by molar-refractivity contribution is 0.181. The first kappa shape index (κ1) is 20.3. The molecule has 2 N–H and O–H groups in total. The van der Waals surface area contributed by atoms with E-state index in [0.29, 0.717) is 24.0 Å². The normalized spacial score (nSPS) is 17.2. The van der Waals surface area contributed by atoms with Crippen molar-refractivity contribution >= 4 is 5.96 Å². The highest BCUT2D eigenvalue weighted by molar-refractivity contribution is 5.79. The van der Waals surface area contributed by atoms with Gasteiger partial charge in [-0.2, -0.15) is 0 Å². The number of nitrogens with one attached hydrogen (secondary N) is 1. The van der Waals surface area contributed by atoms with Crippen molar-refractivity contribution < 1.29 is 19.3 Å². The molecule has 1 aliphatic heterocycles. The third-order valence-corrected chi connectivity index (χ3v) is 4.24. The fraction of sp³-hybridized carbons (Fsp3) is 0.632. The van der Waals surface area contributed by atoms with E-state index in [-0.39, 0.29) is 13.2 Å². The van der Waals surface area contributed by atoms with Gasteiger partial charge in [-0.25, -0.2) is 4.99 Å². The summed E-state index contributed by atoms with van der Waals surface area (Å²) in [6.07, 6.45) is 1.11. The molecule has 0 spiro atoms. The summed E-state index contributed by atoms with van der Waals surface area (Å²) >= 11 is 0. The van der Waals surface area contributed by atoms with E-state index in [4.69, 9.17) is 24.3 Å². The third-order valence-electron chi connectivity index (χ3n) is 4.24. The van der Waals surface area contributed by atoms with Crippen molar-refractivity contribution in [2.24, 2.45) is 10.9 Å². The lowest BCUT2D eigenvalue weighted by Gasteiger charge is -2.24. The Labute approximate surface area is 156 Å². The van der Waals surface area contributed by atoms with E-state index in [1.54, 1.807) is 7.11 Å². The highest BCUT2D eigenvalue weighted by atomic mass is 16.5. The molecule has 1 aromatic rings. The molecule has 1 aromatic carbocycles. The van der Waals surface area contributed by atoms with Crippen LogP contribution in [0.25, 0.3) is 0 Å². The predicted molar refractivity (Wildman–Crippen MR) is 102 cm³/mol. The van der Waals surface area contributed by atoms with Crippen molar-refractivity contribution in [3.05, 3.63) is 23.8 Å². The zero-order valence-electron chi connectivity index (χ0n) is 16.0. The summed E-state index contributed by atoms with van der Waals surface area (Å²) in [5, 5.41) is 12.2. The predicted octanol–water partition coefficient (Wildman–Crippen LogP) is 1.50. The first-order chi connectivity index (χ1) is 12.7. The standard InChI is InChI=1S/C19H31N3O4/c1-4-20-19(22(2)13-16-7-9-25-14-16)21-12-15-5-6-17(26-10-8-23)18(11-15)24-3/h5-6,11,16,23H,4,7-10,12-14H2,1-3H3,(H,20,21). The number of aliphatic hydroxyl groups is 1. The molecule has 1 unspecified atom stereocenters. The van der Waals surface area contributed by atoms with Crippen molar-refractivity contribution in [3.8, 4) is 11.5 Å². The molecule has 0 bridgehead atoms. The maximum atomic E-state index is 8.89. The van der Waals surface area contributed by atoms with Gasteiger partial charge in [0.2, 0.25) is 0 Å². The summed E-state index contributed by atoms with van der Waals surface area (Å²) in [4.78, 5) is 6.91. The topological polar surface area (TPSA) is 75.6 Å². The van der Waals surface area contributed by atoms with Crippen LogP contribution in [0, 0.1) is 5.92 Å². The summed E-state index contributed by atoms with van der Waals surface area (Å²) in [5.74, 6) is 2.72. The van der Waals surface area contributed by atoms with Gasteiger partial charge in [-0.05, 0) is 31.0 Å². The van der Waals surface area contributed by atoms with Crippen molar-refractivity contribution in [1.29, 1.82) is 0 Å². The minimum atomic E-state index is -0.0282. The largest absolute Gasteiger partial charge is 0.493 e. The first-order valence-corrected chi connectivity index (χ1v) is 9.15. The van der Waals surface area contributed by atoms with Crippen LogP contribution in [0.2, 0.25) is 0 Å². The van der Waals surface area contributed by atoms with E-state index in [1.807, 2.05) is 18.2 Å². The van der Waals surface area contributed by atoms with Crippen LogP contribution in [0.4, 0.5) is 0 Å². The van der Waals surface area contributed by atoms with Crippen LogP contribution in [0.1, 0.15) is 18.9 Å². The maximum absolute atomic E-state index is 8.89. The minimum Gasteiger partial charge on any atom is -0.493 e. The second-order valence-electron chi connectivity index (χ2n) is 6.34. The first-order valence-electron chi connectivity index (χ1n) is 9.15. The molecule has 146 valence electrons. The number of methoxy groups -OCH3 is 1. The van der Waals surface area contributed by atoms with Gasteiger partial charge < -0.3 is 29.5 Å². The van der Waals surface area contributed by atoms with Gasteiger partial charge in [-0.1, -0.05) is 6.07 Å². The number of aliphatic imine (C=N–C) groups is 1. The molecular weight excluding hydrogens is 334 g/mol. The fourth-order valence-corrected chi connectivity index (χ4v) is 2.92. The van der Waals surface area contributed by atoms with E-state index >= 15 is 0 Å². The fourth-order valence-electron chi connectivity index (χ4n) is 2.92. The van der Waals surface area contributed by atoms with Crippen LogP contribution in [0.5, 0.6) is 11.5 Å². The summed E-state index contributed by atoms with van der Waals surface area (Å²) in [6.45, 7) is 6.27. The van der Waals surface area contributed by atoms with Crippen LogP contribution >= 0.6 is 0 Å². The maximum Gasteiger partial charge on any atom is 0.193 e. The van der Waals surface area contributed by atoms with Gasteiger partial charge in [0, 0.05) is 32.7 Å². The molecule has 1 fully saturated rings. The molecule has 2 rings (SSSR count). The van der Waals surface area contributed by atoms with Gasteiger partial charge in [0.05, 0.1) is 26.9 Å². The van der Waals surface area contributed by atoms with Crippen molar-refractivity contribution in [2.75, 3.05) is 53.7 Å². The summed E-state index contributed by atoms with van der Waals surface area (Å²) in [5.41, 5.74) is 1.03. The number of aliphatic hydroxyl groups excluding tert-OH is 1. The Morgan fingerprint density at radius 3 is 2.92 bits per heavy atom. The Balaban J connectivity index is 2.02. The SMILES string of the molecule is CCNC(=NCc1ccc(OCCO)c(OC)c1)N(C)CC1CCOC1. The smallest absolute Gasteiger partial charge is 0.193 e. The van der Waals surface area contributed by atoms with Gasteiger partial charge in [0.25, 0.3) is 0 Å². The zero-order chi connectivity index (χ0) is 18.8.